The molecule has 7 heteroatoms. The van der Waals surface area contributed by atoms with Gasteiger partial charge in [0, 0.05) is 24.0 Å². The maximum atomic E-state index is 5.79. The van der Waals surface area contributed by atoms with E-state index in [-0.39, 0.29) is 5.11 Å². The number of ether oxygens (including phenoxy) is 1. The summed E-state index contributed by atoms with van der Waals surface area (Å²) in [6.07, 6.45) is 3.04. The Kier molecular flexibility index (Phi) is 8.23. The Labute approximate surface area is 188 Å². The molecule has 0 aliphatic heterocycles. The van der Waals surface area contributed by atoms with Crippen molar-refractivity contribution in [1.29, 1.82) is 0 Å². The van der Waals surface area contributed by atoms with Gasteiger partial charge < -0.3 is 26.4 Å². The Morgan fingerprint density at radius 1 is 0.800 bits per heavy atom. The number of anilines is 2. The van der Waals surface area contributed by atoms with Gasteiger partial charge in [-0.2, -0.15) is 0 Å². The van der Waals surface area contributed by atoms with Crippen molar-refractivity contribution in [2.45, 2.75) is 19.3 Å². The van der Waals surface area contributed by atoms with E-state index in [9.17, 15) is 0 Å². The van der Waals surface area contributed by atoms with E-state index in [1.54, 1.807) is 0 Å². The second-order valence-corrected chi connectivity index (χ2v) is 7.72. The van der Waals surface area contributed by atoms with Crippen LogP contribution in [0.5, 0.6) is 5.75 Å². The van der Waals surface area contributed by atoms with Crippen molar-refractivity contribution in [3.8, 4) is 5.75 Å². The van der Waals surface area contributed by atoms with Gasteiger partial charge in [0.15, 0.2) is 10.2 Å². The molecular formula is C23H26N4OS2. The van der Waals surface area contributed by atoms with E-state index in [0.717, 1.165) is 42.9 Å². The highest BCUT2D eigenvalue weighted by atomic mass is 32.1. The summed E-state index contributed by atoms with van der Waals surface area (Å²) in [6, 6.07) is 22.1. The lowest BCUT2D eigenvalue weighted by Crippen LogP contribution is -2.29. The summed E-state index contributed by atoms with van der Waals surface area (Å²) >= 11 is 10.2. The summed E-state index contributed by atoms with van der Waals surface area (Å²) in [7, 11) is 0. The SMILES string of the molecule is NC(=S)Nc1cccc(OCCCCCNC(=S)Nc2ccc3ccccc3c2)c1. The number of rotatable bonds is 9. The van der Waals surface area contributed by atoms with Gasteiger partial charge in [-0.25, -0.2) is 0 Å². The molecule has 0 atom stereocenters. The molecule has 0 radical (unpaired) electrons. The van der Waals surface area contributed by atoms with Gasteiger partial charge >= 0.3 is 0 Å². The number of nitrogens with two attached hydrogens (primary N) is 1. The number of thiocarbonyl (C=S) groups is 2. The summed E-state index contributed by atoms with van der Waals surface area (Å²) in [4.78, 5) is 0. The minimum absolute atomic E-state index is 0.243. The Morgan fingerprint density at radius 2 is 1.60 bits per heavy atom. The van der Waals surface area contributed by atoms with Crippen molar-refractivity contribution in [2.75, 3.05) is 23.8 Å². The smallest absolute Gasteiger partial charge is 0.170 e. The van der Waals surface area contributed by atoms with Gasteiger partial charge in [-0.05, 0) is 78.7 Å². The number of benzene rings is 3. The third-order valence-corrected chi connectivity index (χ3v) is 4.83. The van der Waals surface area contributed by atoms with Crippen LogP contribution in [-0.2, 0) is 0 Å². The molecule has 0 fully saturated rings. The highest BCUT2D eigenvalue weighted by Gasteiger charge is 2.00. The molecule has 156 valence electrons. The molecule has 0 spiro atoms. The third kappa shape index (κ3) is 7.17. The predicted molar refractivity (Wildman–Crippen MR) is 134 cm³/mol. The van der Waals surface area contributed by atoms with Crippen molar-refractivity contribution in [3.05, 3.63) is 66.7 Å². The maximum Gasteiger partial charge on any atom is 0.170 e. The van der Waals surface area contributed by atoms with Gasteiger partial charge in [0.25, 0.3) is 0 Å². The molecule has 30 heavy (non-hydrogen) atoms. The van der Waals surface area contributed by atoms with Crippen LogP contribution in [0.3, 0.4) is 0 Å². The monoisotopic (exact) mass is 438 g/mol. The van der Waals surface area contributed by atoms with Gasteiger partial charge in [0.05, 0.1) is 6.61 Å². The molecule has 3 aromatic rings. The lowest BCUT2D eigenvalue weighted by atomic mass is 10.1. The van der Waals surface area contributed by atoms with Crippen LogP contribution < -0.4 is 26.4 Å². The first-order valence-corrected chi connectivity index (χ1v) is 10.7. The van der Waals surface area contributed by atoms with Crippen LogP contribution in [0.2, 0.25) is 0 Å². The van der Waals surface area contributed by atoms with Gasteiger partial charge in [0.1, 0.15) is 5.75 Å². The van der Waals surface area contributed by atoms with E-state index in [1.807, 2.05) is 42.5 Å². The first-order chi connectivity index (χ1) is 14.6. The average Bonchev–Trinajstić information content (AvgIpc) is 2.73. The zero-order chi connectivity index (χ0) is 21.2. The fourth-order valence-corrected chi connectivity index (χ4v) is 3.38. The predicted octanol–water partition coefficient (Wildman–Crippen LogP) is 5.03. The first-order valence-electron chi connectivity index (χ1n) is 9.93. The minimum atomic E-state index is 0.243. The van der Waals surface area contributed by atoms with E-state index in [2.05, 4.69) is 40.2 Å². The molecule has 0 aromatic heterocycles. The zero-order valence-corrected chi connectivity index (χ0v) is 18.3. The molecule has 0 heterocycles. The Bertz CT molecular complexity index is 1010. The van der Waals surface area contributed by atoms with Crippen molar-refractivity contribution in [3.63, 3.8) is 0 Å². The second kappa shape index (κ2) is 11.3. The number of nitrogens with one attached hydrogen (secondary N) is 3. The average molecular weight is 439 g/mol. The molecule has 5 N–H and O–H groups in total. The molecule has 0 saturated carbocycles. The number of unbranched alkanes of at least 4 members (excludes halogenated alkanes) is 2. The van der Waals surface area contributed by atoms with Crippen molar-refractivity contribution >= 4 is 56.8 Å². The molecule has 0 aliphatic carbocycles. The largest absolute Gasteiger partial charge is 0.494 e. The molecule has 5 nitrogen and oxygen atoms in total. The van der Waals surface area contributed by atoms with Gasteiger partial charge in [-0.3, -0.25) is 0 Å². The lowest BCUT2D eigenvalue weighted by Gasteiger charge is -2.11. The highest BCUT2D eigenvalue weighted by Crippen LogP contribution is 2.19. The second-order valence-electron chi connectivity index (χ2n) is 6.87. The zero-order valence-electron chi connectivity index (χ0n) is 16.7. The van der Waals surface area contributed by atoms with Crippen molar-refractivity contribution < 1.29 is 4.74 Å². The minimum Gasteiger partial charge on any atom is -0.494 e. The van der Waals surface area contributed by atoms with Gasteiger partial charge in [-0.1, -0.05) is 36.4 Å². The van der Waals surface area contributed by atoms with Gasteiger partial charge in [0.2, 0.25) is 0 Å². The Balaban J connectivity index is 1.29. The standard InChI is InChI=1S/C23H26N4OS2/c24-22(29)26-19-9-6-10-21(16-19)28-14-5-1-4-13-25-23(30)27-20-12-11-17-7-2-3-8-18(17)15-20/h2-3,6-12,15-16H,1,4-5,13-14H2,(H3,24,26,29)(H2,25,27,30). The summed E-state index contributed by atoms with van der Waals surface area (Å²) in [5.74, 6) is 0.801. The quantitative estimate of drug-likeness (QED) is 0.276. The number of hydrogen-bond donors (Lipinski definition) is 4. The molecule has 0 aliphatic rings. The van der Waals surface area contributed by atoms with Crippen LogP contribution in [0.25, 0.3) is 10.8 Å². The molecule has 3 aromatic carbocycles. The lowest BCUT2D eigenvalue weighted by molar-refractivity contribution is 0.305. The normalized spacial score (nSPS) is 10.4. The van der Waals surface area contributed by atoms with Crippen LogP contribution in [0.1, 0.15) is 19.3 Å². The van der Waals surface area contributed by atoms with Crippen molar-refractivity contribution in [2.24, 2.45) is 5.73 Å². The third-order valence-electron chi connectivity index (χ3n) is 4.48. The van der Waals surface area contributed by atoms with Crippen LogP contribution >= 0.6 is 24.4 Å². The maximum absolute atomic E-state index is 5.79. The van der Waals surface area contributed by atoms with Crippen LogP contribution in [0.15, 0.2) is 66.7 Å². The Hall–Kier alpha value is -2.90. The van der Waals surface area contributed by atoms with Crippen LogP contribution in [-0.4, -0.2) is 23.4 Å². The molecule has 0 saturated heterocycles. The van der Waals surface area contributed by atoms with E-state index in [1.165, 1.54) is 10.8 Å². The summed E-state index contributed by atoms with van der Waals surface area (Å²) in [6.45, 7) is 1.49. The van der Waals surface area contributed by atoms with E-state index < -0.39 is 0 Å². The first kappa shape index (κ1) is 21.8. The molecular weight excluding hydrogens is 412 g/mol. The number of fused-ring (bicyclic) bond motifs is 1. The fraction of sp³-hybridized carbons (Fsp3) is 0.217. The Morgan fingerprint density at radius 3 is 2.43 bits per heavy atom. The molecule has 0 unspecified atom stereocenters. The molecule has 3 rings (SSSR count). The molecule has 0 amide bonds. The van der Waals surface area contributed by atoms with E-state index >= 15 is 0 Å². The summed E-state index contributed by atoms with van der Waals surface area (Å²) in [5.41, 5.74) is 7.31. The summed E-state index contributed by atoms with van der Waals surface area (Å²) in [5, 5.41) is 12.7. The van der Waals surface area contributed by atoms with E-state index in [4.69, 9.17) is 34.9 Å². The van der Waals surface area contributed by atoms with E-state index in [0.29, 0.717) is 11.7 Å². The van der Waals surface area contributed by atoms with Gasteiger partial charge in [-0.15, -0.1) is 0 Å². The summed E-state index contributed by atoms with van der Waals surface area (Å²) < 4.78 is 5.79. The van der Waals surface area contributed by atoms with Crippen molar-refractivity contribution in [1.82, 2.24) is 5.32 Å². The topological polar surface area (TPSA) is 71.3 Å². The highest BCUT2D eigenvalue weighted by molar-refractivity contribution is 7.80. The molecule has 0 bridgehead atoms. The fourth-order valence-electron chi connectivity index (χ4n) is 3.04. The number of hydrogen-bond acceptors (Lipinski definition) is 3. The van der Waals surface area contributed by atoms with Crippen LogP contribution in [0, 0.1) is 0 Å². The van der Waals surface area contributed by atoms with Crippen LogP contribution in [0.4, 0.5) is 11.4 Å².